The van der Waals surface area contributed by atoms with Crippen molar-refractivity contribution in [2.24, 2.45) is 0 Å². The van der Waals surface area contributed by atoms with Crippen molar-refractivity contribution in [1.82, 2.24) is 0 Å². The van der Waals surface area contributed by atoms with Gasteiger partial charge >= 0.3 is 5.97 Å². The number of hydrogen-bond donors (Lipinski definition) is 1. The zero-order chi connectivity index (χ0) is 22.9. The van der Waals surface area contributed by atoms with Gasteiger partial charge < -0.3 is 14.6 Å². The lowest BCUT2D eigenvalue weighted by Crippen LogP contribution is -2.38. The van der Waals surface area contributed by atoms with Crippen LogP contribution in [0.3, 0.4) is 0 Å². The summed E-state index contributed by atoms with van der Waals surface area (Å²) >= 11 is 0. The van der Waals surface area contributed by atoms with E-state index in [1.54, 1.807) is 0 Å². The highest BCUT2D eigenvalue weighted by Gasteiger charge is 2.38. The smallest absolute Gasteiger partial charge is 0.337 e. The van der Waals surface area contributed by atoms with Gasteiger partial charge in [0.05, 0.1) is 6.61 Å². The Morgan fingerprint density at radius 2 is 1.06 bits per heavy atom. The topological polar surface area (TPSA) is 55.8 Å². The second kappa shape index (κ2) is 10.7. The molecule has 0 saturated heterocycles. The van der Waals surface area contributed by atoms with E-state index in [1.165, 1.54) is 0 Å². The highest BCUT2D eigenvalue weighted by Crippen LogP contribution is 2.40. The Hall–Kier alpha value is -3.73. The minimum absolute atomic E-state index is 0.0952. The molecular weight excluding hydrogens is 412 g/mol. The highest BCUT2D eigenvalue weighted by molar-refractivity contribution is 5.74. The molecule has 0 aromatic heterocycles. The van der Waals surface area contributed by atoms with E-state index >= 15 is 0 Å². The van der Waals surface area contributed by atoms with Crippen LogP contribution in [0.4, 0.5) is 0 Å². The van der Waals surface area contributed by atoms with Gasteiger partial charge in [0.2, 0.25) is 0 Å². The predicted molar refractivity (Wildman–Crippen MR) is 127 cm³/mol. The molecule has 0 aliphatic rings. The van der Waals surface area contributed by atoms with E-state index < -0.39 is 17.7 Å². The van der Waals surface area contributed by atoms with Crippen LogP contribution in [-0.4, -0.2) is 23.8 Å². The number of carbonyl (C=O) groups excluding carboxylic acids is 1. The van der Waals surface area contributed by atoms with Gasteiger partial charge in [-0.2, -0.15) is 0 Å². The maximum atomic E-state index is 12.5. The molecule has 33 heavy (non-hydrogen) atoms. The first-order chi connectivity index (χ1) is 16.2. The molecule has 0 heterocycles. The Morgan fingerprint density at radius 3 is 1.48 bits per heavy atom. The molecule has 1 N–H and O–H groups in total. The van der Waals surface area contributed by atoms with E-state index in [0.717, 1.165) is 22.3 Å². The zero-order valence-corrected chi connectivity index (χ0v) is 18.2. The van der Waals surface area contributed by atoms with Crippen LogP contribution in [0, 0.1) is 0 Å². The number of carbonyl (C=O) groups is 1. The third-order valence-electron chi connectivity index (χ3n) is 5.49. The monoisotopic (exact) mass is 438 g/mol. The molecule has 166 valence electrons. The standard InChI is InChI=1S/C29H26O4/c30-27(28(31)32-21-23-13-5-1-6-14-23)22-33-29(24-15-7-2-8-16-24,25-17-9-3-10-18-25)26-19-11-4-12-20-26/h1-20,27,30H,21-22H2. The zero-order valence-electron chi connectivity index (χ0n) is 18.2. The van der Waals surface area contributed by atoms with Crippen molar-refractivity contribution >= 4 is 5.97 Å². The van der Waals surface area contributed by atoms with Crippen molar-refractivity contribution in [2.75, 3.05) is 6.61 Å². The first-order valence-corrected chi connectivity index (χ1v) is 10.9. The minimum atomic E-state index is -1.43. The summed E-state index contributed by atoms with van der Waals surface area (Å²) < 4.78 is 11.8. The van der Waals surface area contributed by atoms with E-state index in [0.29, 0.717) is 0 Å². The van der Waals surface area contributed by atoms with Crippen molar-refractivity contribution < 1.29 is 19.4 Å². The molecule has 0 amide bonds. The summed E-state index contributed by atoms with van der Waals surface area (Å²) in [6.45, 7) is -0.135. The molecule has 0 aliphatic heterocycles. The van der Waals surface area contributed by atoms with Crippen LogP contribution in [0.15, 0.2) is 121 Å². The van der Waals surface area contributed by atoms with Gasteiger partial charge in [-0.3, -0.25) is 0 Å². The van der Waals surface area contributed by atoms with Gasteiger partial charge in [0.25, 0.3) is 0 Å². The third-order valence-corrected chi connectivity index (χ3v) is 5.49. The molecule has 1 unspecified atom stereocenters. The molecule has 4 heteroatoms. The first kappa shape index (κ1) is 22.5. The molecule has 4 nitrogen and oxygen atoms in total. The van der Waals surface area contributed by atoms with Gasteiger partial charge in [-0.25, -0.2) is 4.79 Å². The SMILES string of the molecule is O=C(OCc1ccccc1)C(O)COC(c1ccccc1)(c1ccccc1)c1ccccc1. The first-order valence-electron chi connectivity index (χ1n) is 10.9. The molecule has 1 atom stereocenters. The number of aliphatic hydroxyl groups is 1. The highest BCUT2D eigenvalue weighted by atomic mass is 16.6. The van der Waals surface area contributed by atoms with Crippen LogP contribution in [0.1, 0.15) is 22.3 Å². The average Bonchev–Trinajstić information content (AvgIpc) is 2.90. The molecule has 0 saturated carbocycles. The molecule has 0 radical (unpaired) electrons. The molecule has 4 rings (SSSR count). The largest absolute Gasteiger partial charge is 0.459 e. The van der Waals surface area contributed by atoms with E-state index in [1.807, 2.05) is 121 Å². The number of hydrogen-bond acceptors (Lipinski definition) is 4. The number of esters is 1. The maximum Gasteiger partial charge on any atom is 0.337 e. The molecule has 0 fully saturated rings. The number of benzene rings is 4. The quantitative estimate of drug-likeness (QED) is 0.292. The van der Waals surface area contributed by atoms with E-state index in [4.69, 9.17) is 9.47 Å². The molecule has 0 spiro atoms. The lowest BCUT2D eigenvalue weighted by molar-refractivity contribution is -0.160. The van der Waals surface area contributed by atoms with Crippen molar-refractivity contribution in [3.63, 3.8) is 0 Å². The fraction of sp³-hybridized carbons (Fsp3) is 0.138. The lowest BCUT2D eigenvalue weighted by atomic mass is 9.80. The van der Waals surface area contributed by atoms with Crippen LogP contribution in [0.2, 0.25) is 0 Å². The van der Waals surface area contributed by atoms with Crippen LogP contribution >= 0.6 is 0 Å². The van der Waals surface area contributed by atoms with E-state index in [-0.39, 0.29) is 13.2 Å². The van der Waals surface area contributed by atoms with E-state index in [9.17, 15) is 9.90 Å². The van der Waals surface area contributed by atoms with Gasteiger partial charge in [0, 0.05) is 0 Å². The van der Waals surface area contributed by atoms with Crippen molar-refractivity contribution in [2.45, 2.75) is 18.3 Å². The van der Waals surface area contributed by atoms with Crippen LogP contribution < -0.4 is 0 Å². The van der Waals surface area contributed by atoms with Crippen molar-refractivity contribution in [3.05, 3.63) is 144 Å². The summed E-state index contributed by atoms with van der Waals surface area (Å²) in [6.07, 6.45) is -1.43. The summed E-state index contributed by atoms with van der Waals surface area (Å²) in [7, 11) is 0. The Morgan fingerprint density at radius 1 is 0.667 bits per heavy atom. The van der Waals surface area contributed by atoms with Crippen molar-refractivity contribution in [3.8, 4) is 0 Å². The van der Waals surface area contributed by atoms with Gasteiger partial charge in [-0.05, 0) is 22.3 Å². The van der Waals surface area contributed by atoms with Gasteiger partial charge in [-0.1, -0.05) is 121 Å². The minimum Gasteiger partial charge on any atom is -0.459 e. The van der Waals surface area contributed by atoms with Gasteiger partial charge in [-0.15, -0.1) is 0 Å². The van der Waals surface area contributed by atoms with Crippen LogP contribution in [-0.2, 0) is 26.5 Å². The normalized spacial score (nSPS) is 12.2. The summed E-state index contributed by atoms with van der Waals surface area (Å²) in [4.78, 5) is 12.5. The Kier molecular flexibility index (Phi) is 7.30. The Balaban J connectivity index is 1.62. The summed E-state index contributed by atoms with van der Waals surface area (Å²) in [5.74, 6) is -0.720. The third kappa shape index (κ3) is 5.20. The Bertz CT molecular complexity index is 1030. The Labute approximate surface area is 194 Å². The molecule has 4 aromatic carbocycles. The van der Waals surface area contributed by atoms with Gasteiger partial charge in [0.15, 0.2) is 6.10 Å². The second-order valence-corrected chi connectivity index (χ2v) is 7.70. The summed E-state index contributed by atoms with van der Waals surface area (Å²) in [6, 6.07) is 38.8. The lowest BCUT2D eigenvalue weighted by Gasteiger charge is -2.36. The molecular formula is C29H26O4. The van der Waals surface area contributed by atoms with Gasteiger partial charge in [0.1, 0.15) is 12.2 Å². The number of aliphatic hydroxyl groups excluding tert-OH is 1. The fourth-order valence-corrected chi connectivity index (χ4v) is 3.87. The summed E-state index contributed by atoms with van der Waals surface area (Å²) in [5, 5.41) is 10.6. The van der Waals surface area contributed by atoms with Crippen molar-refractivity contribution in [1.29, 1.82) is 0 Å². The van der Waals surface area contributed by atoms with E-state index in [2.05, 4.69) is 0 Å². The number of rotatable bonds is 9. The predicted octanol–water partition coefficient (Wildman–Crippen LogP) is 5.10. The number of ether oxygens (including phenoxy) is 2. The average molecular weight is 439 g/mol. The van der Waals surface area contributed by atoms with Crippen LogP contribution in [0.25, 0.3) is 0 Å². The second-order valence-electron chi connectivity index (χ2n) is 7.70. The molecule has 0 bridgehead atoms. The fourth-order valence-electron chi connectivity index (χ4n) is 3.87. The maximum absolute atomic E-state index is 12.5. The summed E-state index contributed by atoms with van der Waals surface area (Å²) in [5.41, 5.74) is 2.53. The van der Waals surface area contributed by atoms with Crippen LogP contribution in [0.5, 0.6) is 0 Å². The molecule has 0 aliphatic carbocycles. The molecule has 4 aromatic rings.